The third kappa shape index (κ3) is 2.90. The summed E-state index contributed by atoms with van der Waals surface area (Å²) in [6.45, 7) is 4.78. The largest absolute Gasteiger partial charge is 0.358 e. The molecule has 0 bridgehead atoms. The Bertz CT molecular complexity index is 667. The van der Waals surface area contributed by atoms with Crippen LogP contribution in [0.1, 0.15) is 56.4 Å². The highest BCUT2D eigenvalue weighted by atomic mass is 16.1. The molecule has 1 aromatic carbocycles. The second kappa shape index (κ2) is 6.55. The van der Waals surface area contributed by atoms with Crippen molar-refractivity contribution in [1.29, 1.82) is 0 Å². The number of fused-ring (bicyclic) bond motifs is 3. The van der Waals surface area contributed by atoms with Crippen LogP contribution in [0.15, 0.2) is 18.2 Å². The van der Waals surface area contributed by atoms with Crippen molar-refractivity contribution in [2.24, 2.45) is 5.92 Å². The topological polar surface area (TPSA) is 44.9 Å². The maximum atomic E-state index is 12.1. The Balaban J connectivity index is 1.76. The summed E-state index contributed by atoms with van der Waals surface area (Å²) < 4.78 is 0. The van der Waals surface area contributed by atoms with E-state index in [1.54, 1.807) is 0 Å². The molecule has 0 spiro atoms. The molecule has 3 nitrogen and oxygen atoms in total. The van der Waals surface area contributed by atoms with Gasteiger partial charge in [-0.2, -0.15) is 0 Å². The number of aryl methyl sites for hydroxylation is 2. The van der Waals surface area contributed by atoms with E-state index in [4.69, 9.17) is 0 Å². The molecule has 3 heteroatoms. The van der Waals surface area contributed by atoms with E-state index in [1.807, 2.05) is 0 Å². The summed E-state index contributed by atoms with van der Waals surface area (Å²) in [5.41, 5.74) is 5.34. The number of nitrogens with one attached hydrogen (secondary N) is 2. The standard InChI is InChI=1S/C19H26N2O/c1-3-14(4-2)19(22)20-12-13-9-10-18-16(11-13)15-7-5-6-8-17(15)21-18/h9-11,14,21H,3-8,12H2,1-2H3,(H,20,22). The fourth-order valence-corrected chi connectivity index (χ4v) is 3.56. The first-order valence-electron chi connectivity index (χ1n) is 8.63. The van der Waals surface area contributed by atoms with Gasteiger partial charge in [-0.3, -0.25) is 4.79 Å². The normalized spacial score (nSPS) is 14.3. The molecule has 0 radical (unpaired) electrons. The van der Waals surface area contributed by atoms with Crippen LogP contribution >= 0.6 is 0 Å². The van der Waals surface area contributed by atoms with Crippen molar-refractivity contribution in [3.05, 3.63) is 35.0 Å². The highest BCUT2D eigenvalue weighted by molar-refractivity contribution is 5.86. The van der Waals surface area contributed by atoms with Gasteiger partial charge in [-0.1, -0.05) is 19.9 Å². The van der Waals surface area contributed by atoms with Gasteiger partial charge in [0.2, 0.25) is 5.91 Å². The summed E-state index contributed by atoms with van der Waals surface area (Å²) in [7, 11) is 0. The molecule has 2 N–H and O–H groups in total. The molecule has 1 aliphatic rings. The van der Waals surface area contributed by atoms with Gasteiger partial charge in [-0.15, -0.1) is 0 Å². The van der Waals surface area contributed by atoms with Gasteiger partial charge in [0.05, 0.1) is 0 Å². The molecule has 0 fully saturated rings. The number of aromatic amines is 1. The van der Waals surface area contributed by atoms with Crippen LogP contribution in [-0.2, 0) is 24.2 Å². The molecule has 0 atom stereocenters. The lowest BCUT2D eigenvalue weighted by Crippen LogP contribution is -2.29. The van der Waals surface area contributed by atoms with E-state index in [9.17, 15) is 4.79 Å². The van der Waals surface area contributed by atoms with E-state index < -0.39 is 0 Å². The first kappa shape index (κ1) is 15.1. The van der Waals surface area contributed by atoms with Crippen molar-refractivity contribution in [2.45, 2.75) is 58.9 Å². The fourth-order valence-electron chi connectivity index (χ4n) is 3.56. The van der Waals surface area contributed by atoms with Crippen LogP contribution in [0.2, 0.25) is 0 Å². The number of carbonyl (C=O) groups excluding carboxylic acids is 1. The minimum atomic E-state index is 0.142. The number of H-pyrrole nitrogens is 1. The molecule has 1 aromatic heterocycles. The van der Waals surface area contributed by atoms with Crippen LogP contribution in [-0.4, -0.2) is 10.9 Å². The van der Waals surface area contributed by atoms with Crippen LogP contribution in [0.3, 0.4) is 0 Å². The molecule has 118 valence electrons. The maximum absolute atomic E-state index is 12.1. The van der Waals surface area contributed by atoms with Crippen molar-refractivity contribution in [3.8, 4) is 0 Å². The summed E-state index contributed by atoms with van der Waals surface area (Å²) in [5.74, 6) is 0.324. The van der Waals surface area contributed by atoms with Gasteiger partial charge in [0.15, 0.2) is 0 Å². The van der Waals surface area contributed by atoms with Gasteiger partial charge in [-0.05, 0) is 61.8 Å². The summed E-state index contributed by atoms with van der Waals surface area (Å²) in [4.78, 5) is 15.7. The minimum absolute atomic E-state index is 0.142. The maximum Gasteiger partial charge on any atom is 0.223 e. The van der Waals surface area contributed by atoms with E-state index in [0.29, 0.717) is 6.54 Å². The van der Waals surface area contributed by atoms with Crippen LogP contribution in [0.25, 0.3) is 10.9 Å². The van der Waals surface area contributed by atoms with Gasteiger partial charge < -0.3 is 10.3 Å². The van der Waals surface area contributed by atoms with Crippen molar-refractivity contribution in [2.75, 3.05) is 0 Å². The second-order valence-electron chi connectivity index (χ2n) is 6.40. The molecule has 2 aromatic rings. The average Bonchev–Trinajstić information content (AvgIpc) is 2.92. The smallest absolute Gasteiger partial charge is 0.223 e. The summed E-state index contributed by atoms with van der Waals surface area (Å²) in [6.07, 6.45) is 6.75. The molecule has 0 aliphatic heterocycles. The minimum Gasteiger partial charge on any atom is -0.358 e. The Labute approximate surface area is 132 Å². The predicted octanol–water partition coefficient (Wildman–Crippen LogP) is 4.10. The fraction of sp³-hybridized carbons (Fsp3) is 0.526. The van der Waals surface area contributed by atoms with E-state index in [2.05, 4.69) is 42.3 Å². The second-order valence-corrected chi connectivity index (χ2v) is 6.40. The molecule has 0 saturated carbocycles. The monoisotopic (exact) mass is 298 g/mol. The number of rotatable bonds is 5. The van der Waals surface area contributed by atoms with E-state index in [1.165, 1.54) is 53.4 Å². The van der Waals surface area contributed by atoms with E-state index in [-0.39, 0.29) is 11.8 Å². The van der Waals surface area contributed by atoms with Crippen molar-refractivity contribution in [1.82, 2.24) is 10.3 Å². The Kier molecular flexibility index (Phi) is 4.51. The number of carbonyl (C=O) groups is 1. The first-order chi connectivity index (χ1) is 10.7. The molecule has 1 heterocycles. The van der Waals surface area contributed by atoms with Gasteiger partial charge >= 0.3 is 0 Å². The molecule has 0 unspecified atom stereocenters. The highest BCUT2D eigenvalue weighted by Crippen LogP contribution is 2.29. The zero-order chi connectivity index (χ0) is 15.5. The predicted molar refractivity (Wildman–Crippen MR) is 90.9 cm³/mol. The van der Waals surface area contributed by atoms with Gasteiger partial charge in [0.1, 0.15) is 0 Å². The third-order valence-electron chi connectivity index (χ3n) is 4.99. The number of benzene rings is 1. The number of aromatic nitrogens is 1. The van der Waals surface area contributed by atoms with Crippen LogP contribution < -0.4 is 5.32 Å². The Morgan fingerprint density at radius 1 is 1.23 bits per heavy atom. The zero-order valence-electron chi connectivity index (χ0n) is 13.7. The van der Waals surface area contributed by atoms with Crippen molar-refractivity contribution < 1.29 is 4.79 Å². The lowest BCUT2D eigenvalue weighted by Gasteiger charge is -2.13. The van der Waals surface area contributed by atoms with E-state index in [0.717, 1.165) is 12.8 Å². The van der Waals surface area contributed by atoms with Gasteiger partial charge in [0.25, 0.3) is 0 Å². The highest BCUT2D eigenvalue weighted by Gasteiger charge is 2.16. The molecule has 22 heavy (non-hydrogen) atoms. The molecule has 3 rings (SSSR count). The van der Waals surface area contributed by atoms with Gasteiger partial charge in [0, 0.05) is 29.1 Å². The Morgan fingerprint density at radius 2 is 2.00 bits per heavy atom. The quantitative estimate of drug-likeness (QED) is 0.857. The Hall–Kier alpha value is -1.77. The third-order valence-corrected chi connectivity index (χ3v) is 4.99. The first-order valence-corrected chi connectivity index (χ1v) is 8.63. The zero-order valence-corrected chi connectivity index (χ0v) is 13.7. The number of hydrogen-bond acceptors (Lipinski definition) is 1. The van der Waals surface area contributed by atoms with Crippen LogP contribution in [0, 0.1) is 5.92 Å². The lowest BCUT2D eigenvalue weighted by molar-refractivity contribution is -0.125. The van der Waals surface area contributed by atoms with Crippen LogP contribution in [0.4, 0.5) is 0 Å². The van der Waals surface area contributed by atoms with E-state index >= 15 is 0 Å². The average molecular weight is 298 g/mol. The molecule has 1 amide bonds. The lowest BCUT2D eigenvalue weighted by atomic mass is 9.95. The molecule has 1 aliphatic carbocycles. The molecular weight excluding hydrogens is 272 g/mol. The summed E-state index contributed by atoms with van der Waals surface area (Å²) in [5, 5.41) is 4.44. The Morgan fingerprint density at radius 3 is 2.77 bits per heavy atom. The van der Waals surface area contributed by atoms with Crippen LogP contribution in [0.5, 0.6) is 0 Å². The van der Waals surface area contributed by atoms with Gasteiger partial charge in [-0.25, -0.2) is 0 Å². The molecule has 0 saturated heterocycles. The molecular formula is C19H26N2O. The number of amides is 1. The summed E-state index contributed by atoms with van der Waals surface area (Å²) in [6, 6.07) is 6.53. The SMILES string of the molecule is CCC(CC)C(=O)NCc1ccc2[nH]c3c(c2c1)CCCC3. The number of hydrogen-bond donors (Lipinski definition) is 2. The summed E-state index contributed by atoms with van der Waals surface area (Å²) >= 11 is 0. The van der Waals surface area contributed by atoms with Crippen molar-refractivity contribution in [3.63, 3.8) is 0 Å². The van der Waals surface area contributed by atoms with Crippen molar-refractivity contribution >= 4 is 16.8 Å².